The van der Waals surface area contributed by atoms with Crippen LogP contribution in [0.4, 0.5) is 0 Å². The van der Waals surface area contributed by atoms with Crippen LogP contribution in [0.25, 0.3) is 0 Å². The van der Waals surface area contributed by atoms with Crippen molar-refractivity contribution in [2.24, 2.45) is 0 Å². The fourth-order valence-electron chi connectivity index (χ4n) is 1.75. The van der Waals surface area contributed by atoms with Crippen LogP contribution in [0.15, 0.2) is 0 Å². The summed E-state index contributed by atoms with van der Waals surface area (Å²) in [5, 5.41) is 18.8. The molecule has 1 aliphatic heterocycles. The molecule has 6 nitrogen and oxygen atoms in total. The molecule has 0 aliphatic carbocycles. The first-order chi connectivity index (χ1) is 7.19. The standard InChI is InChI=1S/C9H18O6/c1-12-7-6(11)5(4-10)15-9(14-3)8(7)13-2/h5-11H,4H2,1-3H3/t5-,6-,7+,8-,9-/m1/s1. The lowest BCUT2D eigenvalue weighted by Crippen LogP contribution is -2.60. The molecule has 0 amide bonds. The average molecular weight is 222 g/mol. The van der Waals surface area contributed by atoms with Gasteiger partial charge >= 0.3 is 0 Å². The number of methoxy groups -OCH3 is 3. The molecular formula is C9H18O6. The highest BCUT2D eigenvalue weighted by Crippen LogP contribution is 2.25. The van der Waals surface area contributed by atoms with E-state index in [0.717, 1.165) is 0 Å². The van der Waals surface area contributed by atoms with E-state index in [0.29, 0.717) is 0 Å². The van der Waals surface area contributed by atoms with Gasteiger partial charge in [-0.1, -0.05) is 0 Å². The Morgan fingerprint density at radius 2 is 1.67 bits per heavy atom. The van der Waals surface area contributed by atoms with Gasteiger partial charge in [-0.15, -0.1) is 0 Å². The summed E-state index contributed by atoms with van der Waals surface area (Å²) in [5.41, 5.74) is 0. The summed E-state index contributed by atoms with van der Waals surface area (Å²) in [6.45, 7) is -0.294. The molecule has 6 heteroatoms. The fraction of sp³-hybridized carbons (Fsp3) is 1.00. The Hall–Kier alpha value is -0.240. The van der Waals surface area contributed by atoms with Gasteiger partial charge in [-0.3, -0.25) is 0 Å². The fourth-order valence-corrected chi connectivity index (χ4v) is 1.75. The molecule has 0 aromatic carbocycles. The second-order valence-corrected chi connectivity index (χ2v) is 3.35. The van der Waals surface area contributed by atoms with Crippen molar-refractivity contribution in [3.63, 3.8) is 0 Å². The first-order valence-electron chi connectivity index (χ1n) is 4.72. The number of hydrogen-bond acceptors (Lipinski definition) is 6. The van der Waals surface area contributed by atoms with Crippen molar-refractivity contribution < 1.29 is 29.2 Å². The quantitative estimate of drug-likeness (QED) is 0.618. The van der Waals surface area contributed by atoms with E-state index in [2.05, 4.69) is 0 Å². The molecule has 0 aromatic heterocycles. The van der Waals surface area contributed by atoms with Crippen molar-refractivity contribution in [3.8, 4) is 0 Å². The molecule has 5 atom stereocenters. The van der Waals surface area contributed by atoms with Gasteiger partial charge in [0.15, 0.2) is 6.29 Å². The van der Waals surface area contributed by atoms with Crippen LogP contribution >= 0.6 is 0 Å². The highest BCUT2D eigenvalue weighted by molar-refractivity contribution is 4.90. The van der Waals surface area contributed by atoms with Gasteiger partial charge in [0.1, 0.15) is 24.4 Å². The van der Waals surface area contributed by atoms with Crippen molar-refractivity contribution in [1.82, 2.24) is 0 Å². The predicted molar refractivity (Wildman–Crippen MR) is 50.4 cm³/mol. The summed E-state index contributed by atoms with van der Waals surface area (Å²) < 4.78 is 20.6. The maximum Gasteiger partial charge on any atom is 0.186 e. The van der Waals surface area contributed by atoms with Crippen LogP contribution in [-0.2, 0) is 18.9 Å². The molecule has 1 heterocycles. The molecule has 1 aliphatic rings. The maximum absolute atomic E-state index is 9.80. The van der Waals surface area contributed by atoms with Crippen molar-refractivity contribution in [2.45, 2.75) is 30.7 Å². The number of hydrogen-bond donors (Lipinski definition) is 2. The minimum Gasteiger partial charge on any atom is -0.394 e. The summed E-state index contributed by atoms with van der Waals surface area (Å²) in [5.74, 6) is 0. The summed E-state index contributed by atoms with van der Waals surface area (Å²) in [6, 6.07) is 0. The Bertz CT molecular complexity index is 187. The smallest absolute Gasteiger partial charge is 0.186 e. The van der Waals surface area contributed by atoms with E-state index in [1.54, 1.807) is 0 Å². The summed E-state index contributed by atoms with van der Waals surface area (Å²) >= 11 is 0. The van der Waals surface area contributed by atoms with Gasteiger partial charge in [0.25, 0.3) is 0 Å². The molecule has 0 aromatic rings. The maximum atomic E-state index is 9.80. The highest BCUT2D eigenvalue weighted by Gasteiger charge is 2.45. The number of aliphatic hydroxyl groups excluding tert-OH is 2. The molecule has 0 saturated carbocycles. The third-order valence-electron chi connectivity index (χ3n) is 2.58. The van der Waals surface area contributed by atoms with Crippen LogP contribution in [0, 0.1) is 0 Å². The van der Waals surface area contributed by atoms with Crippen molar-refractivity contribution in [2.75, 3.05) is 27.9 Å². The van der Waals surface area contributed by atoms with Gasteiger partial charge < -0.3 is 29.2 Å². The Morgan fingerprint density at radius 3 is 2.07 bits per heavy atom. The van der Waals surface area contributed by atoms with E-state index in [1.807, 2.05) is 0 Å². The van der Waals surface area contributed by atoms with Crippen LogP contribution < -0.4 is 0 Å². The predicted octanol–water partition coefficient (Wildman–Crippen LogP) is -1.26. The van der Waals surface area contributed by atoms with Crippen LogP contribution in [0.3, 0.4) is 0 Å². The Balaban J connectivity index is 2.78. The molecule has 1 saturated heterocycles. The van der Waals surface area contributed by atoms with Gasteiger partial charge in [-0.2, -0.15) is 0 Å². The van der Waals surface area contributed by atoms with Crippen LogP contribution in [0.2, 0.25) is 0 Å². The second kappa shape index (κ2) is 5.74. The lowest BCUT2D eigenvalue weighted by Gasteiger charge is -2.42. The first kappa shape index (κ1) is 12.8. The molecule has 90 valence electrons. The van der Waals surface area contributed by atoms with E-state index in [9.17, 15) is 5.11 Å². The van der Waals surface area contributed by atoms with Gasteiger partial charge in [-0.25, -0.2) is 0 Å². The molecule has 0 radical (unpaired) electrons. The van der Waals surface area contributed by atoms with E-state index < -0.39 is 30.7 Å². The van der Waals surface area contributed by atoms with Crippen LogP contribution in [0.1, 0.15) is 0 Å². The molecule has 0 bridgehead atoms. The van der Waals surface area contributed by atoms with Crippen molar-refractivity contribution in [3.05, 3.63) is 0 Å². The second-order valence-electron chi connectivity index (χ2n) is 3.35. The summed E-state index contributed by atoms with van der Waals surface area (Å²) in [7, 11) is 4.42. The van der Waals surface area contributed by atoms with Crippen molar-refractivity contribution in [1.29, 1.82) is 0 Å². The highest BCUT2D eigenvalue weighted by atomic mass is 16.7. The summed E-state index contributed by atoms with van der Waals surface area (Å²) in [4.78, 5) is 0. The largest absolute Gasteiger partial charge is 0.394 e. The van der Waals surface area contributed by atoms with E-state index in [-0.39, 0.29) is 6.61 Å². The number of rotatable bonds is 4. The number of aliphatic hydroxyl groups is 2. The third kappa shape index (κ3) is 2.47. The lowest BCUT2D eigenvalue weighted by atomic mass is 9.99. The van der Waals surface area contributed by atoms with Gasteiger partial charge in [0.2, 0.25) is 0 Å². The SMILES string of the molecule is CO[C@@H]1O[C@H](CO)[C@@H](O)[C@H](OC)[C@H]1OC. The number of ether oxygens (including phenoxy) is 4. The molecule has 1 rings (SSSR count). The normalized spacial score (nSPS) is 41.8. The zero-order valence-electron chi connectivity index (χ0n) is 9.12. The molecular weight excluding hydrogens is 204 g/mol. The zero-order chi connectivity index (χ0) is 11.4. The molecule has 2 N–H and O–H groups in total. The minimum absolute atomic E-state index is 0.294. The topological polar surface area (TPSA) is 77.4 Å². The van der Waals surface area contributed by atoms with Gasteiger partial charge in [-0.05, 0) is 0 Å². The zero-order valence-corrected chi connectivity index (χ0v) is 9.12. The molecule has 0 unspecified atom stereocenters. The van der Waals surface area contributed by atoms with Gasteiger partial charge in [0.05, 0.1) is 6.61 Å². The van der Waals surface area contributed by atoms with E-state index in [1.165, 1.54) is 21.3 Å². The molecule has 15 heavy (non-hydrogen) atoms. The van der Waals surface area contributed by atoms with Crippen molar-refractivity contribution >= 4 is 0 Å². The Labute approximate surface area is 88.7 Å². The third-order valence-corrected chi connectivity index (χ3v) is 2.58. The minimum atomic E-state index is -0.934. The van der Waals surface area contributed by atoms with E-state index >= 15 is 0 Å². The van der Waals surface area contributed by atoms with Gasteiger partial charge in [0, 0.05) is 21.3 Å². The van der Waals surface area contributed by atoms with Crippen LogP contribution in [-0.4, -0.2) is 68.9 Å². The Morgan fingerprint density at radius 1 is 1.07 bits per heavy atom. The monoisotopic (exact) mass is 222 g/mol. The lowest BCUT2D eigenvalue weighted by molar-refractivity contribution is -0.303. The average Bonchev–Trinajstić information content (AvgIpc) is 2.28. The Kier molecular flexibility index (Phi) is 4.91. The molecule has 0 spiro atoms. The van der Waals surface area contributed by atoms with Crippen LogP contribution in [0.5, 0.6) is 0 Å². The molecule has 1 fully saturated rings. The first-order valence-corrected chi connectivity index (χ1v) is 4.72. The van der Waals surface area contributed by atoms with E-state index in [4.69, 9.17) is 24.1 Å². The summed E-state index contributed by atoms with van der Waals surface area (Å²) in [6.07, 6.45) is -3.40.